The number of rotatable bonds is 3. The molecule has 0 unspecified atom stereocenters. The molecule has 4 nitrogen and oxygen atoms in total. The highest BCUT2D eigenvalue weighted by atomic mass is 127. The summed E-state index contributed by atoms with van der Waals surface area (Å²) in [5, 5.41) is 2.84. The van der Waals surface area contributed by atoms with Crippen molar-refractivity contribution in [3.63, 3.8) is 0 Å². The van der Waals surface area contributed by atoms with Gasteiger partial charge in [-0.1, -0.05) is 23.7 Å². The van der Waals surface area contributed by atoms with Gasteiger partial charge in [0.1, 0.15) is 0 Å². The van der Waals surface area contributed by atoms with Crippen LogP contribution in [0.3, 0.4) is 0 Å². The van der Waals surface area contributed by atoms with E-state index in [1.54, 1.807) is 6.07 Å². The molecule has 0 aliphatic heterocycles. The Kier molecular flexibility index (Phi) is 4.90. The number of hydrogen-bond donors (Lipinski definition) is 1. The molecule has 2 rings (SSSR count). The van der Waals surface area contributed by atoms with Crippen LogP contribution in [-0.4, -0.2) is 20.6 Å². The maximum atomic E-state index is 12.2. The van der Waals surface area contributed by atoms with Crippen molar-refractivity contribution >= 4 is 55.6 Å². The summed E-state index contributed by atoms with van der Waals surface area (Å²) >= 11 is 7.97. The second-order valence-electron chi connectivity index (χ2n) is 4.35. The summed E-state index contributed by atoms with van der Waals surface area (Å²) in [5.41, 5.74) is 0.901. The second-order valence-corrected chi connectivity index (χ2v) is 7.90. The smallest absolute Gasteiger partial charge is 0.255 e. The van der Waals surface area contributed by atoms with E-state index >= 15 is 0 Å². The number of hydrogen-bond acceptors (Lipinski definition) is 3. The molecule has 1 amide bonds. The number of anilines is 1. The third-order valence-electron chi connectivity index (χ3n) is 2.71. The van der Waals surface area contributed by atoms with Crippen LogP contribution in [0.25, 0.3) is 0 Å². The third kappa shape index (κ3) is 3.96. The number of carbonyl (C=O) groups is 1. The number of para-hydroxylation sites is 1. The molecule has 0 aliphatic carbocycles. The Morgan fingerprint density at radius 1 is 1.19 bits per heavy atom. The predicted molar refractivity (Wildman–Crippen MR) is 91.7 cm³/mol. The van der Waals surface area contributed by atoms with Crippen molar-refractivity contribution in [3.8, 4) is 0 Å². The largest absolute Gasteiger partial charge is 0.321 e. The Balaban J connectivity index is 2.35. The molecular weight excluding hydrogens is 425 g/mol. The highest BCUT2D eigenvalue weighted by Gasteiger charge is 2.16. The van der Waals surface area contributed by atoms with Crippen molar-refractivity contribution in [2.75, 3.05) is 11.6 Å². The van der Waals surface area contributed by atoms with E-state index in [0.29, 0.717) is 5.69 Å². The molecule has 7 heteroatoms. The van der Waals surface area contributed by atoms with Gasteiger partial charge < -0.3 is 5.32 Å². The number of carbonyl (C=O) groups excluding carboxylic acids is 1. The highest BCUT2D eigenvalue weighted by molar-refractivity contribution is 14.1. The summed E-state index contributed by atoms with van der Waals surface area (Å²) < 4.78 is 24.1. The summed E-state index contributed by atoms with van der Waals surface area (Å²) in [7, 11) is -3.48. The van der Waals surface area contributed by atoms with Crippen LogP contribution in [0, 0.1) is 3.57 Å². The maximum absolute atomic E-state index is 12.2. The number of nitrogens with one attached hydrogen (secondary N) is 1. The lowest BCUT2D eigenvalue weighted by Crippen LogP contribution is -2.13. The second kappa shape index (κ2) is 6.33. The molecule has 0 saturated heterocycles. The van der Waals surface area contributed by atoms with Crippen LogP contribution in [-0.2, 0) is 9.84 Å². The monoisotopic (exact) mass is 435 g/mol. The fourth-order valence-corrected chi connectivity index (χ4v) is 3.51. The summed E-state index contributed by atoms with van der Waals surface area (Å²) in [5.74, 6) is -0.388. The molecule has 0 aromatic heterocycles. The van der Waals surface area contributed by atoms with E-state index in [4.69, 9.17) is 11.6 Å². The summed E-state index contributed by atoms with van der Waals surface area (Å²) in [6.07, 6.45) is 1.05. The average Bonchev–Trinajstić information content (AvgIpc) is 2.40. The molecule has 2 aromatic rings. The average molecular weight is 436 g/mol. The Morgan fingerprint density at radius 2 is 1.86 bits per heavy atom. The lowest BCUT2D eigenvalue weighted by Gasteiger charge is -2.09. The Hall–Kier alpha value is -1.12. The molecule has 0 fully saturated rings. The van der Waals surface area contributed by atoms with Crippen molar-refractivity contribution in [2.45, 2.75) is 4.90 Å². The Morgan fingerprint density at radius 3 is 2.48 bits per heavy atom. The lowest BCUT2D eigenvalue weighted by molar-refractivity contribution is 0.102. The highest BCUT2D eigenvalue weighted by Crippen LogP contribution is 2.24. The Bertz CT molecular complexity index is 806. The summed E-state index contributed by atoms with van der Waals surface area (Å²) in [6, 6.07) is 11.5. The SMILES string of the molecule is CS(=O)(=O)c1cc(C(=O)Nc2ccccc2I)ccc1Cl. The number of amides is 1. The summed E-state index contributed by atoms with van der Waals surface area (Å²) in [4.78, 5) is 12.1. The minimum absolute atomic E-state index is 0.0559. The van der Waals surface area contributed by atoms with Gasteiger partial charge in [0, 0.05) is 15.4 Å². The topological polar surface area (TPSA) is 63.2 Å². The van der Waals surface area contributed by atoms with Crippen LogP contribution in [0.4, 0.5) is 5.69 Å². The van der Waals surface area contributed by atoms with Gasteiger partial charge >= 0.3 is 0 Å². The predicted octanol–water partition coefficient (Wildman–Crippen LogP) is 3.60. The standard InChI is InChI=1S/C14H11ClINO3S/c1-21(19,20)13-8-9(6-7-10(13)15)14(18)17-12-5-3-2-4-11(12)16/h2-8H,1H3,(H,17,18). The van der Waals surface area contributed by atoms with Gasteiger partial charge in [-0.15, -0.1) is 0 Å². The molecular formula is C14H11ClINO3S. The van der Waals surface area contributed by atoms with Crippen LogP contribution in [0.5, 0.6) is 0 Å². The molecule has 110 valence electrons. The zero-order valence-corrected chi connectivity index (χ0v) is 14.7. The van der Waals surface area contributed by atoms with E-state index in [1.807, 2.05) is 18.2 Å². The molecule has 0 saturated carbocycles. The molecule has 0 bridgehead atoms. The summed E-state index contributed by atoms with van der Waals surface area (Å²) in [6.45, 7) is 0. The molecule has 0 heterocycles. The van der Waals surface area contributed by atoms with Gasteiger partial charge in [0.05, 0.1) is 15.6 Å². The first-order chi connectivity index (χ1) is 9.79. The van der Waals surface area contributed by atoms with E-state index in [2.05, 4.69) is 27.9 Å². The molecule has 21 heavy (non-hydrogen) atoms. The van der Waals surface area contributed by atoms with Crippen LogP contribution >= 0.6 is 34.2 Å². The number of benzene rings is 2. The van der Waals surface area contributed by atoms with Crippen LogP contribution in [0.2, 0.25) is 5.02 Å². The van der Waals surface area contributed by atoms with E-state index in [9.17, 15) is 13.2 Å². The quantitative estimate of drug-likeness (QED) is 0.749. The third-order valence-corrected chi connectivity index (χ3v) is 5.23. The van der Waals surface area contributed by atoms with E-state index in [1.165, 1.54) is 18.2 Å². The first kappa shape index (κ1) is 16.3. The maximum Gasteiger partial charge on any atom is 0.255 e. The first-order valence-electron chi connectivity index (χ1n) is 5.84. The molecule has 0 atom stereocenters. The molecule has 0 spiro atoms. The van der Waals surface area contributed by atoms with Crippen LogP contribution in [0.1, 0.15) is 10.4 Å². The zero-order chi connectivity index (χ0) is 15.6. The normalized spacial score (nSPS) is 11.2. The minimum Gasteiger partial charge on any atom is -0.321 e. The fraction of sp³-hybridized carbons (Fsp3) is 0.0714. The number of halogens is 2. The van der Waals surface area contributed by atoms with E-state index in [-0.39, 0.29) is 21.4 Å². The van der Waals surface area contributed by atoms with Gasteiger partial charge in [0.25, 0.3) is 5.91 Å². The molecule has 2 aromatic carbocycles. The molecule has 0 aliphatic rings. The van der Waals surface area contributed by atoms with Crippen molar-refractivity contribution in [1.29, 1.82) is 0 Å². The van der Waals surface area contributed by atoms with Crippen LogP contribution < -0.4 is 5.32 Å². The van der Waals surface area contributed by atoms with Gasteiger partial charge in [-0.05, 0) is 52.9 Å². The minimum atomic E-state index is -3.48. The van der Waals surface area contributed by atoms with Crippen molar-refractivity contribution < 1.29 is 13.2 Å². The van der Waals surface area contributed by atoms with E-state index < -0.39 is 9.84 Å². The lowest BCUT2D eigenvalue weighted by atomic mass is 10.2. The van der Waals surface area contributed by atoms with Gasteiger partial charge in [0.2, 0.25) is 0 Å². The first-order valence-corrected chi connectivity index (χ1v) is 9.19. The fourth-order valence-electron chi connectivity index (χ4n) is 1.69. The Labute approximate surface area is 141 Å². The van der Waals surface area contributed by atoms with Crippen LogP contribution in [0.15, 0.2) is 47.4 Å². The van der Waals surface area contributed by atoms with Crippen molar-refractivity contribution in [2.24, 2.45) is 0 Å². The van der Waals surface area contributed by atoms with Crippen molar-refractivity contribution in [3.05, 3.63) is 56.6 Å². The zero-order valence-electron chi connectivity index (χ0n) is 10.9. The molecule has 0 radical (unpaired) electrons. The van der Waals surface area contributed by atoms with Crippen molar-refractivity contribution in [1.82, 2.24) is 0 Å². The van der Waals surface area contributed by atoms with Gasteiger partial charge in [-0.3, -0.25) is 4.79 Å². The van der Waals surface area contributed by atoms with E-state index in [0.717, 1.165) is 9.83 Å². The van der Waals surface area contributed by atoms with Gasteiger partial charge in [-0.25, -0.2) is 8.42 Å². The van der Waals surface area contributed by atoms with Gasteiger partial charge in [0.15, 0.2) is 9.84 Å². The number of sulfone groups is 1. The molecule has 1 N–H and O–H groups in total. The van der Waals surface area contributed by atoms with Gasteiger partial charge in [-0.2, -0.15) is 0 Å².